The van der Waals surface area contributed by atoms with E-state index in [9.17, 15) is 0 Å². The van der Waals surface area contributed by atoms with E-state index >= 15 is 0 Å². The molecular weight excluding hydrogens is 136 g/mol. The average molecular weight is 156 g/mol. The lowest BCUT2D eigenvalue weighted by molar-refractivity contribution is 0.419. The number of hydrogen-bond acceptors (Lipinski definition) is 2. The van der Waals surface area contributed by atoms with E-state index in [-0.39, 0.29) is 5.54 Å². The molecule has 0 saturated heterocycles. The molecule has 1 rings (SSSR count). The molecule has 0 aromatic rings. The molecule has 0 radical (unpaired) electrons. The van der Waals surface area contributed by atoms with Crippen LogP contribution in [-0.4, -0.2) is 18.1 Å². The SMILES string of the molecule is CC(C)(N)CNC1CCCC1. The van der Waals surface area contributed by atoms with Gasteiger partial charge >= 0.3 is 0 Å². The highest BCUT2D eigenvalue weighted by Gasteiger charge is 2.17. The molecule has 0 aliphatic heterocycles. The molecule has 0 unspecified atom stereocenters. The smallest absolute Gasteiger partial charge is 0.0223 e. The van der Waals surface area contributed by atoms with Gasteiger partial charge in [0.05, 0.1) is 0 Å². The first-order chi connectivity index (χ1) is 5.08. The molecule has 0 atom stereocenters. The second-order valence-electron chi connectivity index (χ2n) is 4.35. The van der Waals surface area contributed by atoms with Crippen LogP contribution in [0.25, 0.3) is 0 Å². The van der Waals surface area contributed by atoms with Gasteiger partial charge in [0.1, 0.15) is 0 Å². The standard InChI is InChI=1S/C9H20N2/c1-9(2,10)7-11-8-5-3-4-6-8/h8,11H,3-7,10H2,1-2H3. The van der Waals surface area contributed by atoms with Gasteiger partial charge in [-0.25, -0.2) is 0 Å². The van der Waals surface area contributed by atoms with Gasteiger partial charge in [0.2, 0.25) is 0 Å². The van der Waals surface area contributed by atoms with Crippen molar-refractivity contribution < 1.29 is 0 Å². The summed E-state index contributed by atoms with van der Waals surface area (Å²) in [6.45, 7) is 5.07. The van der Waals surface area contributed by atoms with Crippen LogP contribution in [0.2, 0.25) is 0 Å². The zero-order chi connectivity index (χ0) is 8.32. The molecule has 2 nitrogen and oxygen atoms in total. The van der Waals surface area contributed by atoms with Gasteiger partial charge in [0, 0.05) is 18.1 Å². The lowest BCUT2D eigenvalue weighted by Gasteiger charge is -2.22. The van der Waals surface area contributed by atoms with Gasteiger partial charge in [-0.15, -0.1) is 0 Å². The second-order valence-corrected chi connectivity index (χ2v) is 4.35. The fraction of sp³-hybridized carbons (Fsp3) is 1.00. The summed E-state index contributed by atoms with van der Waals surface area (Å²) < 4.78 is 0. The number of rotatable bonds is 3. The van der Waals surface area contributed by atoms with Crippen molar-refractivity contribution in [2.24, 2.45) is 5.73 Å². The van der Waals surface area contributed by atoms with E-state index < -0.39 is 0 Å². The molecule has 0 aromatic heterocycles. The van der Waals surface area contributed by atoms with Crippen LogP contribution in [0.5, 0.6) is 0 Å². The molecule has 11 heavy (non-hydrogen) atoms. The first-order valence-electron chi connectivity index (χ1n) is 4.60. The lowest BCUT2D eigenvalue weighted by Crippen LogP contribution is -2.45. The monoisotopic (exact) mass is 156 g/mol. The number of nitrogens with one attached hydrogen (secondary N) is 1. The maximum atomic E-state index is 5.85. The van der Waals surface area contributed by atoms with Crippen LogP contribution in [0, 0.1) is 0 Å². The van der Waals surface area contributed by atoms with E-state index in [1.54, 1.807) is 0 Å². The van der Waals surface area contributed by atoms with Crippen molar-refractivity contribution >= 4 is 0 Å². The number of nitrogens with two attached hydrogens (primary N) is 1. The Morgan fingerprint density at radius 1 is 1.36 bits per heavy atom. The Morgan fingerprint density at radius 3 is 2.36 bits per heavy atom. The van der Waals surface area contributed by atoms with Crippen LogP contribution in [-0.2, 0) is 0 Å². The van der Waals surface area contributed by atoms with E-state index in [2.05, 4.69) is 19.2 Å². The van der Waals surface area contributed by atoms with Crippen LogP contribution in [0.1, 0.15) is 39.5 Å². The van der Waals surface area contributed by atoms with Crippen molar-refractivity contribution in [2.75, 3.05) is 6.54 Å². The van der Waals surface area contributed by atoms with E-state index in [0.717, 1.165) is 12.6 Å². The average Bonchev–Trinajstić information content (AvgIpc) is 2.32. The predicted molar refractivity (Wildman–Crippen MR) is 48.5 cm³/mol. The lowest BCUT2D eigenvalue weighted by atomic mass is 10.1. The van der Waals surface area contributed by atoms with Gasteiger partial charge in [-0.2, -0.15) is 0 Å². The maximum Gasteiger partial charge on any atom is 0.0223 e. The summed E-state index contributed by atoms with van der Waals surface area (Å²) in [6.07, 6.45) is 5.47. The molecule has 1 aliphatic carbocycles. The summed E-state index contributed by atoms with van der Waals surface area (Å²) in [7, 11) is 0. The summed E-state index contributed by atoms with van der Waals surface area (Å²) in [6, 6.07) is 0.748. The summed E-state index contributed by atoms with van der Waals surface area (Å²) in [5, 5.41) is 3.50. The Kier molecular flexibility index (Phi) is 2.90. The minimum absolute atomic E-state index is 0.0530. The first kappa shape index (κ1) is 9.01. The fourth-order valence-electron chi connectivity index (χ4n) is 1.54. The van der Waals surface area contributed by atoms with Crippen molar-refractivity contribution in [1.82, 2.24) is 5.32 Å². The van der Waals surface area contributed by atoms with E-state index in [1.165, 1.54) is 25.7 Å². The van der Waals surface area contributed by atoms with Gasteiger partial charge < -0.3 is 11.1 Å². The van der Waals surface area contributed by atoms with Crippen LogP contribution >= 0.6 is 0 Å². The van der Waals surface area contributed by atoms with Crippen molar-refractivity contribution in [1.29, 1.82) is 0 Å². The van der Waals surface area contributed by atoms with Crippen LogP contribution in [0.15, 0.2) is 0 Å². The highest BCUT2D eigenvalue weighted by molar-refractivity contribution is 4.80. The largest absolute Gasteiger partial charge is 0.324 e. The molecule has 0 spiro atoms. The molecule has 0 bridgehead atoms. The molecule has 2 heteroatoms. The molecule has 1 fully saturated rings. The van der Waals surface area contributed by atoms with Crippen molar-refractivity contribution in [3.63, 3.8) is 0 Å². The third-order valence-corrected chi connectivity index (χ3v) is 2.20. The molecule has 1 saturated carbocycles. The quantitative estimate of drug-likeness (QED) is 0.645. The van der Waals surface area contributed by atoms with Crippen molar-refractivity contribution in [3.8, 4) is 0 Å². The van der Waals surface area contributed by atoms with Gasteiger partial charge in [-0.3, -0.25) is 0 Å². The topological polar surface area (TPSA) is 38.0 Å². The Hall–Kier alpha value is -0.0800. The van der Waals surface area contributed by atoms with Crippen LogP contribution in [0.3, 0.4) is 0 Å². The predicted octanol–water partition coefficient (Wildman–Crippen LogP) is 1.26. The Bertz CT molecular complexity index is 109. The Morgan fingerprint density at radius 2 is 1.91 bits per heavy atom. The van der Waals surface area contributed by atoms with Crippen molar-refractivity contribution in [3.05, 3.63) is 0 Å². The molecule has 3 N–H and O–H groups in total. The highest BCUT2D eigenvalue weighted by Crippen LogP contribution is 2.17. The number of hydrogen-bond donors (Lipinski definition) is 2. The van der Waals surface area contributed by atoms with E-state index in [0.29, 0.717) is 0 Å². The molecule has 0 heterocycles. The molecule has 0 aromatic carbocycles. The van der Waals surface area contributed by atoms with Crippen LogP contribution in [0.4, 0.5) is 0 Å². The molecular formula is C9H20N2. The Labute approximate surface area is 69.5 Å². The summed E-state index contributed by atoms with van der Waals surface area (Å²) >= 11 is 0. The second kappa shape index (κ2) is 3.55. The summed E-state index contributed by atoms with van der Waals surface area (Å²) in [4.78, 5) is 0. The summed E-state index contributed by atoms with van der Waals surface area (Å²) in [5.74, 6) is 0. The van der Waals surface area contributed by atoms with Gasteiger partial charge in [0.15, 0.2) is 0 Å². The minimum Gasteiger partial charge on any atom is -0.324 e. The Balaban J connectivity index is 2.11. The molecule has 66 valence electrons. The summed E-state index contributed by atoms with van der Waals surface area (Å²) in [5.41, 5.74) is 5.80. The zero-order valence-corrected chi connectivity index (χ0v) is 7.69. The maximum absolute atomic E-state index is 5.85. The third-order valence-electron chi connectivity index (χ3n) is 2.20. The normalized spacial score (nSPS) is 21.0. The van der Waals surface area contributed by atoms with Crippen LogP contribution < -0.4 is 11.1 Å². The van der Waals surface area contributed by atoms with Gasteiger partial charge in [-0.05, 0) is 26.7 Å². The van der Waals surface area contributed by atoms with Gasteiger partial charge in [0.25, 0.3) is 0 Å². The van der Waals surface area contributed by atoms with E-state index in [4.69, 9.17) is 5.73 Å². The fourth-order valence-corrected chi connectivity index (χ4v) is 1.54. The zero-order valence-electron chi connectivity index (χ0n) is 7.69. The highest BCUT2D eigenvalue weighted by atomic mass is 15.0. The molecule has 1 aliphatic rings. The molecule has 0 amide bonds. The van der Waals surface area contributed by atoms with Crippen molar-refractivity contribution in [2.45, 2.75) is 51.1 Å². The first-order valence-corrected chi connectivity index (χ1v) is 4.60. The third kappa shape index (κ3) is 3.73. The van der Waals surface area contributed by atoms with Gasteiger partial charge in [-0.1, -0.05) is 12.8 Å². The van der Waals surface area contributed by atoms with E-state index in [1.807, 2.05) is 0 Å². The minimum atomic E-state index is -0.0530.